The molecule has 0 spiro atoms. The Kier molecular flexibility index (Phi) is 5.67. The van der Waals surface area contributed by atoms with Crippen molar-refractivity contribution in [1.29, 1.82) is 0 Å². The number of rotatable bonds is 7. The zero-order valence-corrected chi connectivity index (χ0v) is 19.8. The molecule has 1 aromatic carbocycles. The standard InChI is InChI=1S/C27H28N6O3/c28-24(34)22-16-6-7-17(12-16)23(22)31-25-21(19-8-11-36-15-19)14-29-27(32-25)30-20-5-3-4-18(13-20)26(35)33-9-1-2-10-33/h3-8,11,13-17,22-23H,1-2,9-10,12H2,(H2,28,34)(H2,29,30,31,32)/t16-,17+,22+,23-/m1/s1. The third-order valence-corrected chi connectivity index (χ3v) is 7.47. The normalized spacial score (nSPS) is 24.3. The van der Waals surface area contributed by atoms with Gasteiger partial charge in [-0.15, -0.1) is 0 Å². The number of primary amides is 1. The molecule has 0 unspecified atom stereocenters. The summed E-state index contributed by atoms with van der Waals surface area (Å²) in [5.41, 5.74) is 8.72. The van der Waals surface area contributed by atoms with Crippen LogP contribution < -0.4 is 16.4 Å². The number of likely N-dealkylation sites (tertiary alicyclic amines) is 1. The van der Waals surface area contributed by atoms with Gasteiger partial charge < -0.3 is 25.7 Å². The van der Waals surface area contributed by atoms with E-state index in [1.54, 1.807) is 18.7 Å². The fraction of sp³-hybridized carbons (Fsp3) is 0.333. The molecule has 9 nitrogen and oxygen atoms in total. The lowest BCUT2D eigenvalue weighted by atomic mass is 9.88. The SMILES string of the molecule is NC(=O)[C@@H]1[C@H](Nc2nc(Nc3cccc(C(=O)N4CCCC4)c3)ncc2-c2ccoc2)[C@H]2C=C[C@@H]1C2. The minimum absolute atomic E-state index is 0.0385. The molecular formula is C27H28N6O3. The van der Waals surface area contributed by atoms with Gasteiger partial charge in [-0.05, 0) is 55.4 Å². The number of hydrogen-bond donors (Lipinski definition) is 3. The third-order valence-electron chi connectivity index (χ3n) is 7.47. The molecular weight excluding hydrogens is 456 g/mol. The molecule has 1 saturated heterocycles. The Balaban J connectivity index is 1.29. The lowest BCUT2D eigenvalue weighted by molar-refractivity contribution is -0.122. The van der Waals surface area contributed by atoms with E-state index in [0.29, 0.717) is 17.3 Å². The van der Waals surface area contributed by atoms with Gasteiger partial charge in [0.05, 0.1) is 18.4 Å². The number of aromatic nitrogens is 2. The number of allylic oxidation sites excluding steroid dienone is 1. The maximum Gasteiger partial charge on any atom is 0.253 e. The van der Waals surface area contributed by atoms with E-state index < -0.39 is 0 Å². The summed E-state index contributed by atoms with van der Waals surface area (Å²) in [5, 5.41) is 6.74. The van der Waals surface area contributed by atoms with E-state index in [-0.39, 0.29) is 35.6 Å². The van der Waals surface area contributed by atoms with E-state index in [4.69, 9.17) is 15.1 Å². The molecule has 0 radical (unpaired) electrons. The molecule has 4 N–H and O–H groups in total. The second kappa shape index (κ2) is 9.14. The zero-order chi connectivity index (χ0) is 24.6. The number of nitrogens with two attached hydrogens (primary N) is 1. The molecule has 2 aromatic heterocycles. The Morgan fingerprint density at radius 1 is 1.11 bits per heavy atom. The molecule has 6 rings (SSSR count). The van der Waals surface area contributed by atoms with Crippen LogP contribution in [-0.4, -0.2) is 45.8 Å². The molecule has 36 heavy (non-hydrogen) atoms. The van der Waals surface area contributed by atoms with E-state index in [0.717, 1.165) is 49.2 Å². The zero-order valence-electron chi connectivity index (χ0n) is 19.8. The van der Waals surface area contributed by atoms with E-state index in [9.17, 15) is 9.59 Å². The first-order chi connectivity index (χ1) is 17.6. The van der Waals surface area contributed by atoms with Crippen LogP contribution in [0.4, 0.5) is 17.5 Å². The van der Waals surface area contributed by atoms with E-state index in [2.05, 4.69) is 27.8 Å². The molecule has 2 fully saturated rings. The van der Waals surface area contributed by atoms with E-state index in [1.165, 1.54) is 0 Å². The summed E-state index contributed by atoms with van der Waals surface area (Å²) >= 11 is 0. The van der Waals surface area contributed by atoms with Crippen LogP contribution in [0.5, 0.6) is 0 Å². The fourth-order valence-corrected chi connectivity index (χ4v) is 5.71. The van der Waals surface area contributed by atoms with Crippen molar-refractivity contribution in [3.63, 3.8) is 0 Å². The van der Waals surface area contributed by atoms with Gasteiger partial charge in [0.2, 0.25) is 11.9 Å². The smallest absolute Gasteiger partial charge is 0.253 e. The number of fused-ring (bicyclic) bond motifs is 2. The summed E-state index contributed by atoms with van der Waals surface area (Å²) in [6.45, 7) is 1.60. The van der Waals surface area contributed by atoms with Gasteiger partial charge in [-0.25, -0.2) is 4.98 Å². The molecule has 2 bridgehead atoms. The van der Waals surface area contributed by atoms with Crippen LogP contribution in [0, 0.1) is 17.8 Å². The second-order valence-corrected chi connectivity index (χ2v) is 9.72. The number of amides is 2. The molecule has 1 saturated carbocycles. The Morgan fingerprint density at radius 3 is 2.72 bits per heavy atom. The van der Waals surface area contributed by atoms with Crippen LogP contribution in [0.15, 0.2) is 65.6 Å². The molecule has 3 aromatic rings. The van der Waals surface area contributed by atoms with Crippen molar-refractivity contribution in [1.82, 2.24) is 14.9 Å². The summed E-state index contributed by atoms with van der Waals surface area (Å²) in [5.74, 6) is 0.775. The topological polar surface area (TPSA) is 126 Å². The van der Waals surface area contributed by atoms with Crippen LogP contribution in [0.1, 0.15) is 29.6 Å². The fourth-order valence-electron chi connectivity index (χ4n) is 5.71. The van der Waals surface area contributed by atoms with Crippen molar-refractivity contribution >= 4 is 29.3 Å². The van der Waals surface area contributed by atoms with Gasteiger partial charge in [0.15, 0.2) is 0 Å². The van der Waals surface area contributed by atoms with E-state index >= 15 is 0 Å². The monoisotopic (exact) mass is 484 g/mol. The summed E-state index contributed by atoms with van der Waals surface area (Å²) in [7, 11) is 0. The molecule has 184 valence electrons. The number of nitrogens with zero attached hydrogens (tertiary/aromatic N) is 3. The largest absolute Gasteiger partial charge is 0.472 e. The summed E-state index contributed by atoms with van der Waals surface area (Å²) < 4.78 is 5.29. The van der Waals surface area contributed by atoms with Crippen molar-refractivity contribution in [3.8, 4) is 11.1 Å². The lowest BCUT2D eigenvalue weighted by Gasteiger charge is -2.28. The van der Waals surface area contributed by atoms with Gasteiger partial charge in [0, 0.05) is 47.7 Å². The Labute approximate surface area is 208 Å². The highest BCUT2D eigenvalue weighted by Gasteiger charge is 2.47. The van der Waals surface area contributed by atoms with Crippen LogP contribution in [0.3, 0.4) is 0 Å². The van der Waals surface area contributed by atoms with Crippen LogP contribution in [-0.2, 0) is 4.79 Å². The maximum absolute atomic E-state index is 12.8. The lowest BCUT2D eigenvalue weighted by Crippen LogP contribution is -2.41. The minimum Gasteiger partial charge on any atom is -0.472 e. The number of hydrogen-bond acceptors (Lipinski definition) is 7. The van der Waals surface area contributed by atoms with Crippen LogP contribution in [0.25, 0.3) is 11.1 Å². The van der Waals surface area contributed by atoms with Crippen molar-refractivity contribution < 1.29 is 14.0 Å². The summed E-state index contributed by atoms with van der Waals surface area (Å²) in [6, 6.07) is 9.08. The van der Waals surface area contributed by atoms with Gasteiger partial charge in [-0.2, -0.15) is 4.98 Å². The minimum atomic E-state index is -0.305. The Morgan fingerprint density at radius 2 is 1.94 bits per heavy atom. The van der Waals surface area contributed by atoms with Gasteiger partial charge in [-0.1, -0.05) is 18.2 Å². The summed E-state index contributed by atoms with van der Waals surface area (Å²) in [4.78, 5) is 36.3. The molecule has 2 aliphatic carbocycles. The number of nitrogens with one attached hydrogen (secondary N) is 2. The van der Waals surface area contributed by atoms with Gasteiger partial charge in [0.25, 0.3) is 5.91 Å². The number of benzene rings is 1. The highest BCUT2D eigenvalue weighted by Crippen LogP contribution is 2.45. The molecule has 3 aliphatic rings. The van der Waals surface area contributed by atoms with Crippen molar-refractivity contribution in [2.24, 2.45) is 23.5 Å². The van der Waals surface area contributed by atoms with Crippen LogP contribution >= 0.6 is 0 Å². The molecule has 2 amide bonds. The number of anilines is 3. The molecule has 1 aliphatic heterocycles. The predicted octanol–water partition coefficient (Wildman–Crippen LogP) is 3.80. The van der Waals surface area contributed by atoms with E-state index in [1.807, 2.05) is 35.2 Å². The molecule has 3 heterocycles. The first-order valence-corrected chi connectivity index (χ1v) is 12.4. The number of carbonyl (C=O) groups is 2. The number of furan rings is 1. The van der Waals surface area contributed by atoms with Gasteiger partial charge in [-0.3, -0.25) is 9.59 Å². The number of carbonyl (C=O) groups excluding carboxylic acids is 2. The average molecular weight is 485 g/mol. The maximum atomic E-state index is 12.8. The molecule has 9 heteroatoms. The first-order valence-electron chi connectivity index (χ1n) is 12.4. The first kappa shape index (κ1) is 22.3. The molecule has 4 atom stereocenters. The van der Waals surface area contributed by atoms with Gasteiger partial charge in [0.1, 0.15) is 5.82 Å². The third kappa shape index (κ3) is 4.10. The quantitative estimate of drug-likeness (QED) is 0.435. The predicted molar refractivity (Wildman–Crippen MR) is 135 cm³/mol. The Hall–Kier alpha value is -4.14. The second-order valence-electron chi connectivity index (χ2n) is 9.72. The van der Waals surface area contributed by atoms with Crippen LogP contribution in [0.2, 0.25) is 0 Å². The highest BCUT2D eigenvalue weighted by molar-refractivity contribution is 5.95. The van der Waals surface area contributed by atoms with Crippen molar-refractivity contribution in [3.05, 3.63) is 66.8 Å². The van der Waals surface area contributed by atoms with Gasteiger partial charge >= 0.3 is 0 Å². The highest BCUT2D eigenvalue weighted by atomic mass is 16.3. The van der Waals surface area contributed by atoms with Crippen molar-refractivity contribution in [2.75, 3.05) is 23.7 Å². The summed E-state index contributed by atoms with van der Waals surface area (Å²) in [6.07, 6.45) is 12.2. The average Bonchev–Trinajstić information content (AvgIpc) is 3.69. The van der Waals surface area contributed by atoms with Crippen molar-refractivity contribution in [2.45, 2.75) is 25.3 Å². The Bertz CT molecular complexity index is 1310.